The summed E-state index contributed by atoms with van der Waals surface area (Å²) in [6.45, 7) is 5.14. The van der Waals surface area contributed by atoms with Crippen LogP contribution < -0.4 is 0 Å². The van der Waals surface area contributed by atoms with Crippen molar-refractivity contribution in [1.82, 2.24) is 0 Å². The lowest BCUT2D eigenvalue weighted by Gasteiger charge is -2.66. The number of aliphatic hydroxyl groups is 1. The molecule has 0 bridgehead atoms. The summed E-state index contributed by atoms with van der Waals surface area (Å²) < 4.78 is 5.25. The van der Waals surface area contributed by atoms with Gasteiger partial charge in [-0.1, -0.05) is 77.6 Å². The van der Waals surface area contributed by atoms with Crippen LogP contribution in [0.5, 0.6) is 0 Å². The fraction of sp³-hybridized carbons (Fsp3) is 0.909. The molecule has 0 amide bonds. The third-order valence-corrected chi connectivity index (χ3v) is 14.8. The van der Waals surface area contributed by atoms with Crippen LogP contribution in [0.2, 0.25) is 0 Å². The molecule has 4 saturated carbocycles. The number of ketones is 1. The van der Waals surface area contributed by atoms with Gasteiger partial charge in [-0.15, -0.1) is 0 Å². The van der Waals surface area contributed by atoms with Crippen molar-refractivity contribution >= 4 is 76.0 Å². The molecular formula is C22H30Br4O4. The molecule has 10 atom stereocenters. The molecule has 0 unspecified atom stereocenters. The van der Waals surface area contributed by atoms with E-state index in [9.17, 15) is 14.7 Å². The van der Waals surface area contributed by atoms with Crippen molar-refractivity contribution in [1.29, 1.82) is 0 Å². The van der Waals surface area contributed by atoms with Gasteiger partial charge in [0.15, 0.2) is 5.78 Å². The zero-order chi connectivity index (χ0) is 22.1. The molecule has 0 radical (unpaired) electrons. The molecule has 4 aliphatic carbocycles. The predicted octanol–water partition coefficient (Wildman–Crippen LogP) is 5.53. The summed E-state index contributed by atoms with van der Waals surface area (Å²) in [5.74, 6) is 1.16. The highest BCUT2D eigenvalue weighted by Crippen LogP contribution is 2.72. The lowest BCUT2D eigenvalue weighted by molar-refractivity contribution is -0.166. The summed E-state index contributed by atoms with van der Waals surface area (Å²) in [5.41, 5.74) is -1.68. The van der Waals surface area contributed by atoms with Crippen LogP contribution in [0.15, 0.2) is 0 Å². The van der Waals surface area contributed by atoms with Crippen LogP contribution in [0.25, 0.3) is 0 Å². The van der Waals surface area contributed by atoms with Gasteiger partial charge in [-0.25, -0.2) is 0 Å². The van der Waals surface area contributed by atoms with Gasteiger partial charge in [0.2, 0.25) is 0 Å². The first-order valence-corrected chi connectivity index (χ1v) is 14.6. The average Bonchev–Trinajstić information content (AvgIpc) is 2.91. The van der Waals surface area contributed by atoms with Gasteiger partial charge in [-0.05, 0) is 61.7 Å². The van der Waals surface area contributed by atoms with E-state index in [1.807, 2.05) is 0 Å². The van der Waals surface area contributed by atoms with Crippen LogP contribution in [0.3, 0.4) is 0 Å². The molecule has 0 spiro atoms. The summed E-state index contributed by atoms with van der Waals surface area (Å²) in [5, 5.41) is 11.9. The Balaban J connectivity index is 1.69. The fourth-order valence-corrected chi connectivity index (χ4v) is 11.7. The van der Waals surface area contributed by atoms with E-state index in [0.29, 0.717) is 24.2 Å². The molecule has 0 aromatic carbocycles. The molecule has 0 aliphatic heterocycles. The van der Waals surface area contributed by atoms with E-state index in [1.165, 1.54) is 0 Å². The maximum Gasteiger partial charge on any atom is 0.293 e. The summed E-state index contributed by atoms with van der Waals surface area (Å²) >= 11 is 15.2. The molecule has 8 heteroatoms. The van der Waals surface area contributed by atoms with Crippen LogP contribution in [0.4, 0.5) is 0 Å². The van der Waals surface area contributed by atoms with E-state index in [4.69, 9.17) is 4.74 Å². The number of alkyl halides is 4. The second kappa shape index (κ2) is 8.06. The lowest BCUT2D eigenvalue weighted by Crippen LogP contribution is -2.66. The molecule has 170 valence electrons. The highest BCUT2D eigenvalue weighted by molar-refractivity contribution is 9.12. The van der Waals surface area contributed by atoms with Crippen LogP contribution in [-0.2, 0) is 14.3 Å². The predicted molar refractivity (Wildman–Crippen MR) is 131 cm³/mol. The van der Waals surface area contributed by atoms with E-state index < -0.39 is 11.0 Å². The number of rotatable bonds is 4. The van der Waals surface area contributed by atoms with Gasteiger partial charge in [0.1, 0.15) is 11.7 Å². The topological polar surface area (TPSA) is 63.6 Å². The summed E-state index contributed by atoms with van der Waals surface area (Å²) in [4.78, 5) is 23.9. The molecular weight excluding hydrogens is 648 g/mol. The molecule has 0 heterocycles. The highest BCUT2D eigenvalue weighted by Gasteiger charge is 2.72. The molecule has 4 nitrogen and oxygen atoms in total. The summed E-state index contributed by atoms with van der Waals surface area (Å²) in [6.07, 6.45) is 6.37. The Morgan fingerprint density at radius 2 is 1.77 bits per heavy atom. The molecule has 1 N–H and O–H groups in total. The van der Waals surface area contributed by atoms with Crippen molar-refractivity contribution in [3.8, 4) is 0 Å². The zero-order valence-corrected chi connectivity index (χ0v) is 23.7. The Morgan fingerprint density at radius 1 is 1.10 bits per heavy atom. The molecule has 0 aromatic heterocycles. The monoisotopic (exact) mass is 674 g/mol. The van der Waals surface area contributed by atoms with E-state index >= 15 is 0 Å². The van der Waals surface area contributed by atoms with Crippen molar-refractivity contribution in [2.75, 3.05) is 5.33 Å². The minimum atomic E-state index is -1.33. The van der Waals surface area contributed by atoms with E-state index in [0.717, 1.165) is 44.9 Å². The van der Waals surface area contributed by atoms with Crippen molar-refractivity contribution in [3.05, 3.63) is 0 Å². The number of hydrogen-bond donors (Lipinski definition) is 1. The average molecular weight is 678 g/mol. The Kier molecular flexibility index (Phi) is 6.49. The second-order valence-corrected chi connectivity index (χ2v) is 14.6. The number of hydrogen-bond acceptors (Lipinski definition) is 4. The van der Waals surface area contributed by atoms with Gasteiger partial charge < -0.3 is 9.84 Å². The number of carbonyl (C=O) groups excluding carboxylic acids is 2. The first kappa shape index (κ1) is 24.2. The smallest absolute Gasteiger partial charge is 0.293 e. The van der Waals surface area contributed by atoms with Crippen LogP contribution >= 0.6 is 63.7 Å². The van der Waals surface area contributed by atoms with Gasteiger partial charge in [-0.2, -0.15) is 0 Å². The van der Waals surface area contributed by atoms with E-state index in [1.54, 1.807) is 0 Å². The van der Waals surface area contributed by atoms with Crippen LogP contribution in [0, 0.1) is 28.6 Å². The maximum atomic E-state index is 12.9. The minimum absolute atomic E-state index is 0.0412. The van der Waals surface area contributed by atoms with Crippen molar-refractivity contribution in [2.24, 2.45) is 28.6 Å². The van der Waals surface area contributed by atoms with E-state index in [-0.39, 0.29) is 36.6 Å². The third kappa shape index (κ3) is 3.01. The number of Topliss-reactive ketones (excluding diaryl/α,β-unsaturated/α-hetero) is 1. The number of carbonyl (C=O) groups is 2. The molecule has 0 saturated heterocycles. The third-order valence-electron chi connectivity index (χ3n) is 9.66. The van der Waals surface area contributed by atoms with Gasteiger partial charge in [0.25, 0.3) is 6.47 Å². The standard InChI is InChI=1S/C22H30Br4O4/c1-19-5-3-12(30-11-27)9-21(19,26)16(24)7-13-14(19)4-6-20(2)15(13)8-17(25)22(20,29)18(28)10-23/h11-17,29H,3-10H2,1-2H3/t12-,13+,14-,15-,16+,17-,19+,20-,21+,22-/m0/s1. The molecule has 0 aromatic rings. The van der Waals surface area contributed by atoms with Gasteiger partial charge in [0, 0.05) is 21.0 Å². The Morgan fingerprint density at radius 3 is 2.40 bits per heavy atom. The summed E-state index contributed by atoms with van der Waals surface area (Å²) in [6, 6.07) is 0. The molecule has 30 heavy (non-hydrogen) atoms. The largest absolute Gasteiger partial charge is 0.465 e. The van der Waals surface area contributed by atoms with Crippen molar-refractivity contribution < 1.29 is 19.4 Å². The zero-order valence-electron chi connectivity index (χ0n) is 17.4. The summed E-state index contributed by atoms with van der Waals surface area (Å²) in [7, 11) is 0. The number of halogens is 4. The molecule has 4 fully saturated rings. The van der Waals surface area contributed by atoms with Crippen LogP contribution in [-0.4, -0.2) is 48.4 Å². The van der Waals surface area contributed by atoms with Gasteiger partial charge >= 0.3 is 0 Å². The van der Waals surface area contributed by atoms with Gasteiger partial charge in [-0.3, -0.25) is 9.59 Å². The lowest BCUT2D eigenvalue weighted by atomic mass is 9.44. The Bertz CT molecular complexity index is 736. The number of ether oxygens (including phenoxy) is 1. The Hall–Kier alpha value is 1.02. The number of fused-ring (bicyclic) bond motifs is 5. The fourth-order valence-electron chi connectivity index (χ4n) is 7.92. The van der Waals surface area contributed by atoms with E-state index in [2.05, 4.69) is 77.6 Å². The second-order valence-electron chi connectivity index (χ2n) is 10.4. The highest BCUT2D eigenvalue weighted by atomic mass is 79.9. The van der Waals surface area contributed by atoms with Crippen molar-refractivity contribution in [2.45, 2.75) is 84.5 Å². The molecule has 4 aliphatic rings. The normalized spacial score (nSPS) is 55.2. The van der Waals surface area contributed by atoms with Crippen LogP contribution in [0.1, 0.15) is 58.8 Å². The first-order chi connectivity index (χ1) is 14.0. The first-order valence-electron chi connectivity index (χ1n) is 10.9. The maximum absolute atomic E-state index is 12.9. The Labute approximate surface area is 212 Å². The van der Waals surface area contributed by atoms with Crippen molar-refractivity contribution in [3.63, 3.8) is 0 Å². The SMILES string of the molecule is C[C@]12CC[C@H]3[C@@H](C[C@@H](Br)[C@]4(Br)C[C@@H](OC=O)CC[C@]34C)[C@@H]1C[C@H](Br)[C@]2(O)C(=O)CBr. The molecule has 4 rings (SSSR count). The van der Waals surface area contributed by atoms with Gasteiger partial charge in [0.05, 0.1) is 10.2 Å². The minimum Gasteiger partial charge on any atom is -0.465 e. The quantitative estimate of drug-likeness (QED) is 0.314.